The summed E-state index contributed by atoms with van der Waals surface area (Å²) in [5.74, 6) is 0.686. The Balaban J connectivity index is 2.54. The SMILES string of the molecule is CCCCC(CCCC)Oc1cc[nH]c(=O)c1. The summed E-state index contributed by atoms with van der Waals surface area (Å²) in [6.07, 6.45) is 8.75. The third-order valence-corrected chi connectivity index (χ3v) is 2.81. The fourth-order valence-electron chi connectivity index (χ4n) is 1.82. The maximum absolute atomic E-state index is 11.2. The molecule has 1 heterocycles. The molecule has 0 unspecified atom stereocenters. The maximum atomic E-state index is 11.2. The van der Waals surface area contributed by atoms with Crippen LogP contribution in [0.2, 0.25) is 0 Å². The van der Waals surface area contributed by atoms with E-state index >= 15 is 0 Å². The van der Waals surface area contributed by atoms with Crippen molar-refractivity contribution in [1.82, 2.24) is 4.98 Å². The molecule has 3 nitrogen and oxygen atoms in total. The second-order valence-electron chi connectivity index (χ2n) is 4.41. The quantitative estimate of drug-likeness (QED) is 0.752. The van der Waals surface area contributed by atoms with E-state index in [0.29, 0.717) is 5.75 Å². The molecular weight excluding hydrogens is 214 g/mol. The predicted octanol–water partition coefficient (Wildman–Crippen LogP) is 3.50. The highest BCUT2D eigenvalue weighted by atomic mass is 16.5. The molecule has 0 aliphatic heterocycles. The Morgan fingerprint density at radius 2 is 1.88 bits per heavy atom. The van der Waals surface area contributed by atoms with Crippen molar-refractivity contribution >= 4 is 0 Å². The summed E-state index contributed by atoms with van der Waals surface area (Å²) in [7, 11) is 0. The molecule has 0 saturated heterocycles. The van der Waals surface area contributed by atoms with E-state index in [9.17, 15) is 4.79 Å². The van der Waals surface area contributed by atoms with E-state index in [-0.39, 0.29) is 11.7 Å². The first kappa shape index (κ1) is 13.8. The van der Waals surface area contributed by atoms with Crippen LogP contribution in [0.5, 0.6) is 5.75 Å². The summed E-state index contributed by atoms with van der Waals surface area (Å²) in [4.78, 5) is 13.8. The largest absolute Gasteiger partial charge is 0.490 e. The van der Waals surface area contributed by atoms with Crippen molar-refractivity contribution in [3.05, 3.63) is 28.7 Å². The van der Waals surface area contributed by atoms with Gasteiger partial charge < -0.3 is 9.72 Å². The van der Waals surface area contributed by atoms with Gasteiger partial charge in [-0.3, -0.25) is 4.79 Å². The van der Waals surface area contributed by atoms with Gasteiger partial charge in [-0.05, 0) is 18.9 Å². The number of ether oxygens (including phenoxy) is 1. The van der Waals surface area contributed by atoms with Crippen molar-refractivity contribution in [3.63, 3.8) is 0 Å². The molecule has 3 heteroatoms. The van der Waals surface area contributed by atoms with Crippen LogP contribution in [0.3, 0.4) is 0 Å². The van der Waals surface area contributed by atoms with Crippen LogP contribution in [-0.4, -0.2) is 11.1 Å². The lowest BCUT2D eigenvalue weighted by atomic mass is 10.1. The second-order valence-corrected chi connectivity index (χ2v) is 4.41. The van der Waals surface area contributed by atoms with Crippen molar-refractivity contribution in [2.24, 2.45) is 0 Å². The maximum Gasteiger partial charge on any atom is 0.251 e. The van der Waals surface area contributed by atoms with Crippen LogP contribution in [0.4, 0.5) is 0 Å². The van der Waals surface area contributed by atoms with E-state index in [1.54, 1.807) is 6.20 Å². The van der Waals surface area contributed by atoms with E-state index in [2.05, 4.69) is 18.8 Å². The van der Waals surface area contributed by atoms with E-state index in [1.165, 1.54) is 31.7 Å². The first-order valence-electron chi connectivity index (χ1n) is 6.61. The monoisotopic (exact) mass is 237 g/mol. The van der Waals surface area contributed by atoms with E-state index < -0.39 is 0 Å². The Bertz CT molecular complexity index is 351. The van der Waals surface area contributed by atoms with Crippen molar-refractivity contribution in [2.45, 2.75) is 58.5 Å². The zero-order valence-electron chi connectivity index (χ0n) is 10.9. The number of aromatic nitrogens is 1. The van der Waals surface area contributed by atoms with Gasteiger partial charge in [-0.1, -0.05) is 39.5 Å². The molecule has 0 radical (unpaired) electrons. The fourth-order valence-corrected chi connectivity index (χ4v) is 1.82. The number of nitrogens with one attached hydrogen (secondary N) is 1. The van der Waals surface area contributed by atoms with Gasteiger partial charge in [-0.25, -0.2) is 0 Å². The van der Waals surface area contributed by atoms with Crippen LogP contribution in [0.15, 0.2) is 23.1 Å². The van der Waals surface area contributed by atoms with Crippen molar-refractivity contribution < 1.29 is 4.74 Å². The lowest BCUT2D eigenvalue weighted by Gasteiger charge is -2.18. The number of pyridine rings is 1. The minimum Gasteiger partial charge on any atom is -0.490 e. The Morgan fingerprint density at radius 1 is 1.24 bits per heavy atom. The molecule has 1 rings (SSSR count). The van der Waals surface area contributed by atoms with Gasteiger partial charge in [0.2, 0.25) is 0 Å². The normalized spacial score (nSPS) is 10.8. The smallest absolute Gasteiger partial charge is 0.251 e. The molecule has 0 bridgehead atoms. The number of unbranched alkanes of at least 4 members (excludes halogenated alkanes) is 2. The first-order chi connectivity index (χ1) is 8.26. The zero-order valence-corrected chi connectivity index (χ0v) is 10.9. The summed E-state index contributed by atoms with van der Waals surface area (Å²) >= 11 is 0. The number of aromatic amines is 1. The minimum atomic E-state index is -0.104. The molecule has 0 aliphatic rings. The van der Waals surface area contributed by atoms with Gasteiger partial charge in [0.1, 0.15) is 5.75 Å². The molecule has 0 amide bonds. The standard InChI is InChI=1S/C14H23NO2/c1-3-5-7-12(8-6-4-2)17-13-9-10-15-14(16)11-13/h9-12H,3-8H2,1-2H3,(H,15,16). The van der Waals surface area contributed by atoms with Gasteiger partial charge in [0.05, 0.1) is 6.10 Å². The first-order valence-corrected chi connectivity index (χ1v) is 6.61. The van der Waals surface area contributed by atoms with Gasteiger partial charge in [-0.15, -0.1) is 0 Å². The molecule has 0 aliphatic carbocycles. The molecule has 0 spiro atoms. The summed E-state index contributed by atoms with van der Waals surface area (Å²) in [5, 5.41) is 0. The average molecular weight is 237 g/mol. The van der Waals surface area contributed by atoms with Crippen molar-refractivity contribution in [2.75, 3.05) is 0 Å². The number of rotatable bonds is 8. The number of hydrogen-bond acceptors (Lipinski definition) is 2. The summed E-state index contributed by atoms with van der Waals surface area (Å²) < 4.78 is 5.88. The Morgan fingerprint density at radius 3 is 2.41 bits per heavy atom. The molecule has 1 aromatic rings. The van der Waals surface area contributed by atoms with Gasteiger partial charge in [0, 0.05) is 12.3 Å². The van der Waals surface area contributed by atoms with Crippen LogP contribution in [0.1, 0.15) is 52.4 Å². The molecule has 96 valence electrons. The van der Waals surface area contributed by atoms with E-state index in [1.807, 2.05) is 6.07 Å². The molecule has 0 saturated carbocycles. The highest BCUT2D eigenvalue weighted by molar-refractivity contribution is 5.17. The summed E-state index contributed by atoms with van der Waals surface area (Å²) in [6.45, 7) is 4.37. The third kappa shape index (κ3) is 5.57. The number of H-pyrrole nitrogens is 1. The second kappa shape index (κ2) is 7.93. The van der Waals surface area contributed by atoms with Crippen LogP contribution in [-0.2, 0) is 0 Å². The van der Waals surface area contributed by atoms with Crippen LogP contribution >= 0.6 is 0 Å². The van der Waals surface area contributed by atoms with Crippen LogP contribution in [0, 0.1) is 0 Å². The Labute approximate surface area is 103 Å². The third-order valence-electron chi connectivity index (χ3n) is 2.81. The lowest BCUT2D eigenvalue weighted by molar-refractivity contribution is 0.174. The van der Waals surface area contributed by atoms with Crippen molar-refractivity contribution in [3.8, 4) is 5.75 Å². The predicted molar refractivity (Wildman–Crippen MR) is 70.5 cm³/mol. The fraction of sp³-hybridized carbons (Fsp3) is 0.643. The van der Waals surface area contributed by atoms with E-state index in [0.717, 1.165) is 12.8 Å². The molecule has 1 N–H and O–H groups in total. The molecule has 17 heavy (non-hydrogen) atoms. The van der Waals surface area contributed by atoms with E-state index in [4.69, 9.17) is 4.74 Å². The Kier molecular flexibility index (Phi) is 6.45. The molecule has 0 atom stereocenters. The Hall–Kier alpha value is -1.25. The van der Waals surface area contributed by atoms with Gasteiger partial charge in [0.25, 0.3) is 5.56 Å². The highest BCUT2D eigenvalue weighted by Crippen LogP contribution is 2.16. The topological polar surface area (TPSA) is 42.1 Å². The van der Waals surface area contributed by atoms with Crippen LogP contribution < -0.4 is 10.3 Å². The lowest BCUT2D eigenvalue weighted by Crippen LogP contribution is -2.17. The van der Waals surface area contributed by atoms with Gasteiger partial charge in [-0.2, -0.15) is 0 Å². The highest BCUT2D eigenvalue weighted by Gasteiger charge is 2.09. The molecule has 0 fully saturated rings. The molecule has 1 aromatic heterocycles. The van der Waals surface area contributed by atoms with Gasteiger partial charge >= 0.3 is 0 Å². The van der Waals surface area contributed by atoms with Crippen LogP contribution in [0.25, 0.3) is 0 Å². The number of hydrogen-bond donors (Lipinski definition) is 1. The van der Waals surface area contributed by atoms with Crippen molar-refractivity contribution in [1.29, 1.82) is 0 Å². The molecule has 0 aromatic carbocycles. The summed E-state index contributed by atoms with van der Waals surface area (Å²) in [6, 6.07) is 3.33. The summed E-state index contributed by atoms with van der Waals surface area (Å²) in [5.41, 5.74) is -0.104. The molecular formula is C14H23NO2. The zero-order chi connectivity index (χ0) is 12.5. The average Bonchev–Trinajstić information content (AvgIpc) is 2.32. The van der Waals surface area contributed by atoms with Gasteiger partial charge in [0.15, 0.2) is 0 Å². The minimum absolute atomic E-state index is 0.104.